The van der Waals surface area contributed by atoms with Gasteiger partial charge in [0.15, 0.2) is 0 Å². The van der Waals surface area contributed by atoms with E-state index in [-0.39, 0.29) is 0 Å². The van der Waals surface area contributed by atoms with Gasteiger partial charge >= 0.3 is 0 Å². The van der Waals surface area contributed by atoms with Crippen molar-refractivity contribution in [1.82, 2.24) is 14.8 Å². The lowest BCUT2D eigenvalue weighted by atomic mass is 10.1. The van der Waals surface area contributed by atoms with Crippen LogP contribution >= 0.6 is 15.9 Å². The normalized spacial score (nSPS) is 12.7. The van der Waals surface area contributed by atoms with Crippen LogP contribution in [0.2, 0.25) is 0 Å². The van der Waals surface area contributed by atoms with Crippen molar-refractivity contribution >= 4 is 15.9 Å². The Morgan fingerprint density at radius 3 is 2.81 bits per heavy atom. The Hall–Kier alpha value is -1.40. The molecule has 1 heterocycles. The fourth-order valence-corrected chi connectivity index (χ4v) is 2.53. The predicted octanol–water partition coefficient (Wildman–Crippen LogP) is 2.98. The van der Waals surface area contributed by atoms with E-state index in [1.165, 1.54) is 6.33 Å². The van der Waals surface area contributed by atoms with E-state index < -0.39 is 6.10 Å². The molecule has 1 N–H and O–H groups in total. The summed E-state index contributed by atoms with van der Waals surface area (Å²) in [4.78, 5) is 4.25. The van der Waals surface area contributed by atoms with Crippen LogP contribution in [-0.2, 0) is 13.0 Å². The van der Waals surface area contributed by atoms with Crippen molar-refractivity contribution in [3.8, 4) is 5.75 Å². The zero-order chi connectivity index (χ0) is 15.4. The van der Waals surface area contributed by atoms with Crippen molar-refractivity contribution in [2.75, 3.05) is 7.11 Å². The number of methoxy groups -OCH3 is 1. The Balaban J connectivity index is 2.18. The maximum Gasteiger partial charge on any atom is 0.138 e. The van der Waals surface area contributed by atoms with Crippen molar-refractivity contribution in [2.45, 2.75) is 32.9 Å². The molecule has 1 atom stereocenters. The number of nitrogens with zero attached hydrogens (tertiary/aromatic N) is 3. The van der Waals surface area contributed by atoms with Gasteiger partial charge in [-0.1, -0.05) is 35.8 Å². The first-order valence-electron chi connectivity index (χ1n) is 6.89. The quantitative estimate of drug-likeness (QED) is 0.867. The van der Waals surface area contributed by atoms with Gasteiger partial charge in [0, 0.05) is 23.0 Å². The van der Waals surface area contributed by atoms with Crippen molar-refractivity contribution < 1.29 is 9.84 Å². The average molecular weight is 354 g/mol. The van der Waals surface area contributed by atoms with E-state index in [2.05, 4.69) is 39.9 Å². The second kappa shape index (κ2) is 7.04. The first-order chi connectivity index (χ1) is 10.0. The van der Waals surface area contributed by atoms with Crippen LogP contribution in [0.3, 0.4) is 0 Å². The number of hydrogen-bond donors (Lipinski definition) is 1. The molecule has 0 radical (unpaired) electrons. The fourth-order valence-electron chi connectivity index (χ4n) is 2.19. The van der Waals surface area contributed by atoms with E-state index in [0.717, 1.165) is 22.4 Å². The largest absolute Gasteiger partial charge is 0.496 e. The molecule has 0 fully saturated rings. The fraction of sp³-hybridized carbons (Fsp3) is 0.467. The summed E-state index contributed by atoms with van der Waals surface area (Å²) in [6, 6.07) is 5.59. The number of rotatable bonds is 6. The van der Waals surface area contributed by atoms with Crippen LogP contribution in [0.15, 0.2) is 29.0 Å². The van der Waals surface area contributed by atoms with Crippen LogP contribution < -0.4 is 4.74 Å². The maximum absolute atomic E-state index is 10.5. The number of benzene rings is 1. The third kappa shape index (κ3) is 4.04. The van der Waals surface area contributed by atoms with Crippen molar-refractivity contribution in [3.05, 3.63) is 40.4 Å². The van der Waals surface area contributed by atoms with Gasteiger partial charge in [0.1, 0.15) is 17.9 Å². The Morgan fingerprint density at radius 1 is 1.38 bits per heavy atom. The molecule has 0 saturated carbocycles. The third-order valence-electron chi connectivity index (χ3n) is 3.16. The van der Waals surface area contributed by atoms with Crippen molar-refractivity contribution in [1.29, 1.82) is 0 Å². The molecule has 0 bridgehead atoms. The van der Waals surface area contributed by atoms with E-state index in [9.17, 15) is 5.11 Å². The highest BCUT2D eigenvalue weighted by molar-refractivity contribution is 9.10. The van der Waals surface area contributed by atoms with Crippen LogP contribution in [-0.4, -0.2) is 27.0 Å². The molecule has 2 aromatic rings. The lowest BCUT2D eigenvalue weighted by Crippen LogP contribution is -2.13. The molecule has 2 rings (SSSR count). The molecule has 0 aliphatic heterocycles. The number of hydrogen-bond acceptors (Lipinski definition) is 4. The van der Waals surface area contributed by atoms with Gasteiger partial charge in [0.2, 0.25) is 0 Å². The Morgan fingerprint density at radius 2 is 2.14 bits per heavy atom. The molecule has 5 nitrogen and oxygen atoms in total. The lowest BCUT2D eigenvalue weighted by Gasteiger charge is -2.16. The van der Waals surface area contributed by atoms with E-state index in [0.29, 0.717) is 18.1 Å². The lowest BCUT2D eigenvalue weighted by molar-refractivity contribution is 0.169. The van der Waals surface area contributed by atoms with Gasteiger partial charge in [-0.25, -0.2) is 9.67 Å². The molecule has 1 aromatic heterocycles. The van der Waals surface area contributed by atoms with E-state index in [1.807, 2.05) is 22.9 Å². The second-order valence-corrected chi connectivity index (χ2v) is 6.27. The Labute approximate surface area is 133 Å². The summed E-state index contributed by atoms with van der Waals surface area (Å²) in [6.45, 7) is 5.04. The van der Waals surface area contributed by atoms with Crippen LogP contribution in [0.5, 0.6) is 5.75 Å². The number of ether oxygens (including phenoxy) is 1. The van der Waals surface area contributed by atoms with Gasteiger partial charge in [-0.3, -0.25) is 0 Å². The van der Waals surface area contributed by atoms with Crippen LogP contribution in [0.25, 0.3) is 0 Å². The van der Waals surface area contributed by atoms with Gasteiger partial charge in [0.25, 0.3) is 0 Å². The molecule has 0 saturated heterocycles. The molecule has 114 valence electrons. The Bertz CT molecular complexity index is 598. The van der Waals surface area contributed by atoms with E-state index >= 15 is 0 Å². The highest BCUT2D eigenvalue weighted by atomic mass is 79.9. The average Bonchev–Trinajstić information content (AvgIpc) is 2.84. The highest BCUT2D eigenvalue weighted by Gasteiger charge is 2.17. The van der Waals surface area contributed by atoms with Gasteiger partial charge in [0.05, 0.1) is 13.2 Å². The molecular formula is C15H20BrN3O2. The molecule has 1 aromatic carbocycles. The summed E-state index contributed by atoms with van der Waals surface area (Å²) in [5.74, 6) is 1.91. The standard InChI is InChI=1S/C15H20BrN3O2/c1-10(2)8-19-15(17-9-18-19)7-13(20)12-5-4-11(16)6-14(12)21-3/h4-6,9-10,13,20H,7-8H2,1-3H3. The molecular weight excluding hydrogens is 334 g/mol. The minimum Gasteiger partial charge on any atom is -0.496 e. The maximum atomic E-state index is 10.5. The zero-order valence-electron chi connectivity index (χ0n) is 12.5. The zero-order valence-corrected chi connectivity index (χ0v) is 14.0. The molecule has 21 heavy (non-hydrogen) atoms. The topological polar surface area (TPSA) is 60.2 Å². The monoisotopic (exact) mass is 353 g/mol. The summed E-state index contributed by atoms with van der Waals surface area (Å²) in [5.41, 5.74) is 0.750. The Kier molecular flexibility index (Phi) is 5.36. The highest BCUT2D eigenvalue weighted by Crippen LogP contribution is 2.30. The van der Waals surface area contributed by atoms with E-state index in [1.54, 1.807) is 7.11 Å². The minimum atomic E-state index is -0.678. The smallest absolute Gasteiger partial charge is 0.138 e. The number of aliphatic hydroxyl groups is 1. The first kappa shape index (κ1) is 16.0. The molecule has 0 spiro atoms. The number of aliphatic hydroxyl groups excluding tert-OH is 1. The van der Waals surface area contributed by atoms with Crippen LogP contribution in [0.4, 0.5) is 0 Å². The summed E-state index contributed by atoms with van der Waals surface area (Å²) in [6.07, 6.45) is 1.26. The molecule has 1 unspecified atom stereocenters. The van der Waals surface area contributed by atoms with Gasteiger partial charge < -0.3 is 9.84 Å². The summed E-state index contributed by atoms with van der Waals surface area (Å²) >= 11 is 3.40. The molecule has 6 heteroatoms. The van der Waals surface area contributed by atoms with Crippen molar-refractivity contribution in [2.24, 2.45) is 5.92 Å². The minimum absolute atomic E-state index is 0.407. The predicted molar refractivity (Wildman–Crippen MR) is 84.2 cm³/mol. The first-order valence-corrected chi connectivity index (χ1v) is 7.68. The van der Waals surface area contributed by atoms with Gasteiger partial charge in [-0.05, 0) is 18.1 Å². The van der Waals surface area contributed by atoms with Crippen molar-refractivity contribution in [3.63, 3.8) is 0 Å². The van der Waals surface area contributed by atoms with Gasteiger partial charge in [-0.2, -0.15) is 5.10 Å². The number of halogens is 1. The van der Waals surface area contributed by atoms with Gasteiger partial charge in [-0.15, -0.1) is 0 Å². The summed E-state index contributed by atoms with van der Waals surface area (Å²) in [7, 11) is 1.60. The third-order valence-corrected chi connectivity index (χ3v) is 3.66. The molecule has 0 amide bonds. The van der Waals surface area contributed by atoms with E-state index in [4.69, 9.17) is 4.74 Å². The molecule has 0 aliphatic carbocycles. The van der Waals surface area contributed by atoms with Crippen LogP contribution in [0, 0.1) is 5.92 Å². The SMILES string of the molecule is COc1cc(Br)ccc1C(O)Cc1ncnn1CC(C)C. The summed E-state index contributed by atoms with van der Waals surface area (Å²) < 4.78 is 8.09. The summed E-state index contributed by atoms with van der Waals surface area (Å²) in [5, 5.41) is 14.7. The number of aromatic nitrogens is 3. The molecule has 0 aliphatic rings. The van der Waals surface area contributed by atoms with Crippen LogP contribution in [0.1, 0.15) is 31.3 Å². The second-order valence-electron chi connectivity index (χ2n) is 5.36.